The highest BCUT2D eigenvalue weighted by atomic mass is 19.1. The molecule has 1 fully saturated rings. The van der Waals surface area contributed by atoms with Gasteiger partial charge in [0.1, 0.15) is 5.82 Å². The van der Waals surface area contributed by atoms with Crippen molar-refractivity contribution in [2.45, 2.75) is 32.6 Å². The molecule has 0 aliphatic heterocycles. The summed E-state index contributed by atoms with van der Waals surface area (Å²) in [7, 11) is 2.06. The predicted molar refractivity (Wildman–Crippen MR) is 79.3 cm³/mol. The van der Waals surface area contributed by atoms with E-state index in [1.807, 2.05) is 6.92 Å². The van der Waals surface area contributed by atoms with Gasteiger partial charge in [0, 0.05) is 19.0 Å². The zero-order valence-electron chi connectivity index (χ0n) is 12.4. The monoisotopic (exact) mass is 277 g/mol. The fourth-order valence-electron chi connectivity index (χ4n) is 3.19. The lowest BCUT2D eigenvalue weighted by Gasteiger charge is -2.23. The first-order valence-electron chi connectivity index (χ1n) is 7.55. The van der Waals surface area contributed by atoms with Gasteiger partial charge in [-0.15, -0.1) is 0 Å². The van der Waals surface area contributed by atoms with Gasteiger partial charge in [-0.25, -0.2) is 4.39 Å². The third kappa shape index (κ3) is 3.89. The first-order chi connectivity index (χ1) is 9.58. The Kier molecular flexibility index (Phi) is 5.30. The first-order valence-corrected chi connectivity index (χ1v) is 7.55. The Morgan fingerprint density at radius 3 is 2.65 bits per heavy atom. The van der Waals surface area contributed by atoms with Crippen LogP contribution in [0.25, 0.3) is 0 Å². The molecule has 3 heteroatoms. The molecule has 0 bridgehead atoms. The molecule has 0 N–H and O–H groups in total. The molecule has 0 aromatic heterocycles. The molecule has 1 unspecified atom stereocenters. The molecule has 1 aliphatic rings. The molecule has 0 heterocycles. The van der Waals surface area contributed by atoms with E-state index in [9.17, 15) is 9.18 Å². The minimum Gasteiger partial charge on any atom is -0.305 e. The third-order valence-electron chi connectivity index (χ3n) is 4.22. The molecular weight excluding hydrogens is 253 g/mol. The quantitative estimate of drug-likeness (QED) is 0.738. The summed E-state index contributed by atoms with van der Waals surface area (Å²) < 4.78 is 13.6. The normalized spacial score (nSPS) is 17.6. The van der Waals surface area contributed by atoms with Crippen molar-refractivity contribution in [2.24, 2.45) is 11.8 Å². The number of carbonyl (C=O) groups is 1. The van der Waals surface area contributed by atoms with Crippen molar-refractivity contribution in [2.75, 3.05) is 20.1 Å². The van der Waals surface area contributed by atoms with E-state index in [1.54, 1.807) is 18.2 Å². The molecule has 20 heavy (non-hydrogen) atoms. The standard InChI is InChI=1S/C17H24FNO/c1-13(11-19(2)12-14-7-3-4-8-14)17(20)15-9-5-6-10-16(15)18/h5-6,9-10,13-14H,3-4,7-8,11-12H2,1-2H3. The molecule has 1 aliphatic carbocycles. The summed E-state index contributed by atoms with van der Waals surface area (Å²) in [5.41, 5.74) is 0.217. The lowest BCUT2D eigenvalue weighted by atomic mass is 9.98. The number of ketones is 1. The van der Waals surface area contributed by atoms with Crippen LogP contribution >= 0.6 is 0 Å². The van der Waals surface area contributed by atoms with Crippen LogP contribution in [0.15, 0.2) is 24.3 Å². The lowest BCUT2D eigenvalue weighted by molar-refractivity contribution is 0.0893. The van der Waals surface area contributed by atoms with Crippen molar-refractivity contribution in [3.05, 3.63) is 35.6 Å². The first kappa shape index (κ1) is 15.2. The molecule has 0 amide bonds. The van der Waals surface area contributed by atoms with Gasteiger partial charge >= 0.3 is 0 Å². The molecule has 0 radical (unpaired) electrons. The number of halogens is 1. The Hall–Kier alpha value is -1.22. The minimum atomic E-state index is -0.414. The fourth-order valence-corrected chi connectivity index (χ4v) is 3.19. The van der Waals surface area contributed by atoms with Gasteiger partial charge in [-0.2, -0.15) is 0 Å². The lowest BCUT2D eigenvalue weighted by Crippen LogP contribution is -2.32. The molecule has 2 nitrogen and oxygen atoms in total. The zero-order valence-corrected chi connectivity index (χ0v) is 12.4. The number of hydrogen-bond acceptors (Lipinski definition) is 2. The summed E-state index contributed by atoms with van der Waals surface area (Å²) >= 11 is 0. The van der Waals surface area contributed by atoms with Crippen molar-refractivity contribution < 1.29 is 9.18 Å². The molecule has 110 valence electrons. The summed E-state index contributed by atoms with van der Waals surface area (Å²) in [6, 6.07) is 6.25. The number of benzene rings is 1. The summed E-state index contributed by atoms with van der Waals surface area (Å²) in [6.45, 7) is 3.64. The molecule has 1 aromatic carbocycles. The van der Waals surface area contributed by atoms with Gasteiger partial charge in [0.15, 0.2) is 5.78 Å². The molecule has 1 atom stereocenters. The van der Waals surface area contributed by atoms with Gasteiger partial charge in [0.05, 0.1) is 5.56 Å². The third-order valence-corrected chi connectivity index (χ3v) is 4.22. The van der Waals surface area contributed by atoms with Crippen LogP contribution in [0.4, 0.5) is 4.39 Å². The number of hydrogen-bond donors (Lipinski definition) is 0. The summed E-state index contributed by atoms with van der Waals surface area (Å²) in [5, 5.41) is 0. The van der Waals surface area contributed by atoms with E-state index >= 15 is 0 Å². The van der Waals surface area contributed by atoms with Crippen molar-refractivity contribution in [1.82, 2.24) is 4.90 Å². The second-order valence-corrected chi connectivity index (χ2v) is 6.12. The summed E-state index contributed by atoms with van der Waals surface area (Å²) in [6.07, 6.45) is 5.28. The molecular formula is C17H24FNO. The molecule has 0 spiro atoms. The number of Topliss-reactive ketones (excluding diaryl/α,β-unsaturated/α-hetero) is 1. The second-order valence-electron chi connectivity index (χ2n) is 6.12. The summed E-state index contributed by atoms with van der Waals surface area (Å²) in [4.78, 5) is 14.5. The molecule has 0 saturated heterocycles. The maximum absolute atomic E-state index is 13.6. The Labute approximate surface area is 121 Å². The van der Waals surface area contributed by atoms with Crippen LogP contribution in [0.2, 0.25) is 0 Å². The van der Waals surface area contributed by atoms with E-state index in [-0.39, 0.29) is 17.3 Å². The van der Waals surface area contributed by atoms with E-state index in [2.05, 4.69) is 11.9 Å². The minimum absolute atomic E-state index is 0.0960. The Balaban J connectivity index is 1.88. The smallest absolute Gasteiger partial charge is 0.169 e. The number of carbonyl (C=O) groups excluding carboxylic acids is 1. The van der Waals surface area contributed by atoms with E-state index in [4.69, 9.17) is 0 Å². The zero-order chi connectivity index (χ0) is 14.5. The van der Waals surface area contributed by atoms with Crippen LogP contribution in [0, 0.1) is 17.7 Å². The molecule has 1 aromatic rings. The topological polar surface area (TPSA) is 20.3 Å². The SMILES string of the molecule is CC(CN(C)CC1CCCC1)C(=O)c1ccccc1F. The van der Waals surface area contributed by atoms with Crippen molar-refractivity contribution >= 4 is 5.78 Å². The van der Waals surface area contributed by atoms with E-state index in [0.717, 1.165) is 12.5 Å². The predicted octanol–water partition coefficient (Wildman–Crippen LogP) is 3.77. The maximum atomic E-state index is 13.6. The van der Waals surface area contributed by atoms with Crippen LogP contribution in [-0.2, 0) is 0 Å². The average molecular weight is 277 g/mol. The van der Waals surface area contributed by atoms with Crippen LogP contribution in [0.3, 0.4) is 0 Å². The molecule has 2 rings (SSSR count). The van der Waals surface area contributed by atoms with Gasteiger partial charge in [-0.1, -0.05) is 31.9 Å². The highest BCUT2D eigenvalue weighted by molar-refractivity contribution is 5.98. The fraction of sp³-hybridized carbons (Fsp3) is 0.588. The van der Waals surface area contributed by atoms with Crippen molar-refractivity contribution in [3.8, 4) is 0 Å². The molecule has 1 saturated carbocycles. The van der Waals surface area contributed by atoms with Gasteiger partial charge in [-0.3, -0.25) is 4.79 Å². The van der Waals surface area contributed by atoms with Crippen LogP contribution in [0.5, 0.6) is 0 Å². The maximum Gasteiger partial charge on any atom is 0.169 e. The van der Waals surface area contributed by atoms with Gasteiger partial charge < -0.3 is 4.90 Å². The Bertz CT molecular complexity index is 454. The van der Waals surface area contributed by atoms with Crippen LogP contribution < -0.4 is 0 Å². The highest BCUT2D eigenvalue weighted by Crippen LogP contribution is 2.25. The Morgan fingerprint density at radius 1 is 1.35 bits per heavy atom. The summed E-state index contributed by atoms with van der Waals surface area (Å²) in [5.74, 6) is 0.0956. The van der Waals surface area contributed by atoms with Gasteiger partial charge in [0.2, 0.25) is 0 Å². The number of rotatable bonds is 6. The van der Waals surface area contributed by atoms with Crippen molar-refractivity contribution in [1.29, 1.82) is 0 Å². The second kappa shape index (κ2) is 6.98. The van der Waals surface area contributed by atoms with Gasteiger partial charge in [0.25, 0.3) is 0 Å². The van der Waals surface area contributed by atoms with Crippen LogP contribution in [-0.4, -0.2) is 30.8 Å². The average Bonchev–Trinajstić information content (AvgIpc) is 2.91. The van der Waals surface area contributed by atoms with Gasteiger partial charge in [-0.05, 0) is 37.9 Å². The van der Waals surface area contributed by atoms with E-state index in [1.165, 1.54) is 31.7 Å². The largest absolute Gasteiger partial charge is 0.305 e. The highest BCUT2D eigenvalue weighted by Gasteiger charge is 2.22. The van der Waals surface area contributed by atoms with Crippen LogP contribution in [0.1, 0.15) is 43.0 Å². The number of nitrogens with zero attached hydrogens (tertiary/aromatic N) is 1. The van der Waals surface area contributed by atoms with Crippen molar-refractivity contribution in [3.63, 3.8) is 0 Å². The van der Waals surface area contributed by atoms with E-state index in [0.29, 0.717) is 6.54 Å². The van der Waals surface area contributed by atoms with E-state index < -0.39 is 5.82 Å². The Morgan fingerprint density at radius 2 is 2.00 bits per heavy atom.